The number of nitrogens with zero attached hydrogens (tertiary/aromatic N) is 1. The van der Waals surface area contributed by atoms with Crippen molar-refractivity contribution in [3.63, 3.8) is 0 Å². The predicted octanol–water partition coefficient (Wildman–Crippen LogP) is 2.83. The Bertz CT molecular complexity index is 435. The van der Waals surface area contributed by atoms with Crippen molar-refractivity contribution in [3.8, 4) is 6.07 Å². The summed E-state index contributed by atoms with van der Waals surface area (Å²) in [7, 11) is 0. The van der Waals surface area contributed by atoms with Gasteiger partial charge in [-0.05, 0) is 30.9 Å². The van der Waals surface area contributed by atoms with Crippen LogP contribution >= 0.6 is 0 Å². The van der Waals surface area contributed by atoms with Gasteiger partial charge in [-0.15, -0.1) is 0 Å². The second kappa shape index (κ2) is 3.92. The summed E-state index contributed by atoms with van der Waals surface area (Å²) in [6, 6.07) is 10.3. The van der Waals surface area contributed by atoms with Crippen molar-refractivity contribution in [3.05, 3.63) is 35.4 Å². The number of aliphatic hydroxyl groups excluding tert-OH is 1. The van der Waals surface area contributed by atoms with Gasteiger partial charge in [0.05, 0.1) is 12.2 Å². The first-order chi connectivity index (χ1) is 7.57. The third-order valence-corrected chi connectivity index (χ3v) is 3.60. The molecule has 0 aromatic heterocycles. The molecule has 0 radical (unpaired) electrons. The Balaban J connectivity index is 2.27. The minimum atomic E-state index is -0.431. The molecule has 0 fully saturated rings. The maximum Gasteiger partial charge on any atom is 0.0849 e. The van der Waals surface area contributed by atoms with E-state index in [2.05, 4.69) is 19.1 Å². The number of nitriles is 1. The lowest BCUT2D eigenvalue weighted by molar-refractivity contribution is 0.0398. The fraction of sp³-hybridized carbons (Fsp3) is 0.500. The van der Waals surface area contributed by atoms with E-state index < -0.39 is 6.10 Å². The molecule has 2 rings (SSSR count). The maximum atomic E-state index is 10.3. The Hall–Kier alpha value is -1.33. The van der Waals surface area contributed by atoms with E-state index in [4.69, 9.17) is 5.26 Å². The molecule has 0 spiro atoms. The Kier molecular flexibility index (Phi) is 2.73. The highest BCUT2D eigenvalue weighted by atomic mass is 16.3. The zero-order chi connectivity index (χ0) is 11.8. The van der Waals surface area contributed by atoms with Crippen molar-refractivity contribution < 1.29 is 5.11 Å². The third-order valence-electron chi connectivity index (χ3n) is 3.60. The number of benzene rings is 1. The van der Waals surface area contributed by atoms with Crippen LogP contribution in [-0.4, -0.2) is 5.11 Å². The van der Waals surface area contributed by atoms with E-state index in [1.165, 1.54) is 5.56 Å². The number of hydrogen-bond donors (Lipinski definition) is 1. The molecule has 0 saturated heterocycles. The van der Waals surface area contributed by atoms with Crippen LogP contribution in [0, 0.1) is 22.7 Å². The van der Waals surface area contributed by atoms with Gasteiger partial charge >= 0.3 is 0 Å². The number of hydrogen-bond acceptors (Lipinski definition) is 2. The van der Waals surface area contributed by atoms with Crippen LogP contribution in [0.1, 0.15) is 37.5 Å². The highest BCUT2D eigenvalue weighted by molar-refractivity contribution is 5.36. The van der Waals surface area contributed by atoms with Crippen molar-refractivity contribution in [2.75, 3.05) is 0 Å². The molecule has 0 bridgehead atoms. The van der Waals surface area contributed by atoms with Crippen molar-refractivity contribution >= 4 is 0 Å². The number of fused-ring (bicyclic) bond motifs is 1. The SMILES string of the molecule is CC(C#N)CC1(C)Cc2ccccc2C1O. The molecule has 0 amide bonds. The van der Waals surface area contributed by atoms with Crippen molar-refractivity contribution in [1.82, 2.24) is 0 Å². The summed E-state index contributed by atoms with van der Waals surface area (Å²) in [5.41, 5.74) is 2.08. The average Bonchev–Trinajstić information content (AvgIpc) is 2.52. The van der Waals surface area contributed by atoms with Crippen molar-refractivity contribution in [2.24, 2.45) is 11.3 Å². The van der Waals surface area contributed by atoms with Crippen LogP contribution in [0.15, 0.2) is 24.3 Å². The Morgan fingerprint density at radius 3 is 2.88 bits per heavy atom. The quantitative estimate of drug-likeness (QED) is 0.824. The Labute approximate surface area is 96.5 Å². The van der Waals surface area contributed by atoms with Gasteiger partial charge < -0.3 is 5.11 Å². The maximum absolute atomic E-state index is 10.3. The molecule has 2 nitrogen and oxygen atoms in total. The van der Waals surface area contributed by atoms with Crippen molar-refractivity contribution in [2.45, 2.75) is 32.8 Å². The highest BCUT2D eigenvalue weighted by Crippen LogP contribution is 2.48. The molecule has 16 heavy (non-hydrogen) atoms. The van der Waals surface area contributed by atoms with Crippen LogP contribution in [0.25, 0.3) is 0 Å². The van der Waals surface area contributed by atoms with Crippen LogP contribution in [-0.2, 0) is 6.42 Å². The molecule has 3 unspecified atom stereocenters. The molecular formula is C14H17NO. The topological polar surface area (TPSA) is 44.0 Å². The van der Waals surface area contributed by atoms with Gasteiger partial charge in [-0.3, -0.25) is 0 Å². The van der Waals surface area contributed by atoms with Crippen molar-refractivity contribution in [1.29, 1.82) is 5.26 Å². The van der Waals surface area contributed by atoms with Crippen LogP contribution in [0.2, 0.25) is 0 Å². The van der Waals surface area contributed by atoms with E-state index in [0.717, 1.165) is 18.4 Å². The summed E-state index contributed by atoms with van der Waals surface area (Å²) in [4.78, 5) is 0. The molecule has 1 aromatic carbocycles. The van der Waals surface area contributed by atoms with E-state index in [0.29, 0.717) is 0 Å². The first-order valence-corrected chi connectivity index (χ1v) is 5.72. The van der Waals surface area contributed by atoms with Gasteiger partial charge in [-0.25, -0.2) is 0 Å². The van der Waals surface area contributed by atoms with Crippen LogP contribution in [0.3, 0.4) is 0 Å². The van der Waals surface area contributed by atoms with E-state index in [9.17, 15) is 5.11 Å². The number of rotatable bonds is 2. The smallest absolute Gasteiger partial charge is 0.0849 e. The summed E-state index contributed by atoms with van der Waals surface area (Å²) < 4.78 is 0. The summed E-state index contributed by atoms with van der Waals surface area (Å²) in [6.07, 6.45) is 1.19. The molecule has 1 aromatic rings. The fourth-order valence-corrected chi connectivity index (χ4v) is 2.80. The van der Waals surface area contributed by atoms with Gasteiger partial charge in [0.15, 0.2) is 0 Å². The molecule has 84 valence electrons. The molecule has 1 aliphatic rings. The minimum absolute atomic E-state index is 0.00559. The first kappa shape index (κ1) is 11.2. The summed E-state index contributed by atoms with van der Waals surface area (Å²) >= 11 is 0. The third kappa shape index (κ3) is 1.72. The summed E-state index contributed by atoms with van der Waals surface area (Å²) in [5, 5.41) is 19.2. The Morgan fingerprint density at radius 2 is 2.25 bits per heavy atom. The van der Waals surface area contributed by atoms with E-state index in [1.807, 2.05) is 25.1 Å². The van der Waals surface area contributed by atoms with Gasteiger partial charge in [0.2, 0.25) is 0 Å². The monoisotopic (exact) mass is 215 g/mol. The largest absolute Gasteiger partial charge is 0.388 e. The molecule has 0 heterocycles. The molecule has 2 heteroatoms. The lowest BCUT2D eigenvalue weighted by Gasteiger charge is -2.29. The van der Waals surface area contributed by atoms with Gasteiger partial charge in [0, 0.05) is 11.3 Å². The zero-order valence-electron chi connectivity index (χ0n) is 9.77. The summed E-state index contributed by atoms with van der Waals surface area (Å²) in [5.74, 6) is -0.00559. The second-order valence-electron chi connectivity index (χ2n) is 5.17. The molecule has 0 aliphatic heterocycles. The molecular weight excluding hydrogens is 198 g/mol. The fourth-order valence-electron chi connectivity index (χ4n) is 2.80. The van der Waals surface area contributed by atoms with Crippen LogP contribution in [0.5, 0.6) is 0 Å². The second-order valence-corrected chi connectivity index (χ2v) is 5.17. The molecule has 1 N–H and O–H groups in total. The van der Waals surface area contributed by atoms with Gasteiger partial charge in [0.25, 0.3) is 0 Å². The minimum Gasteiger partial charge on any atom is -0.388 e. The van der Waals surface area contributed by atoms with E-state index >= 15 is 0 Å². The highest BCUT2D eigenvalue weighted by Gasteiger charge is 2.41. The van der Waals surface area contributed by atoms with E-state index in [-0.39, 0.29) is 11.3 Å². The molecule has 0 saturated carbocycles. The molecule has 3 atom stereocenters. The van der Waals surface area contributed by atoms with Gasteiger partial charge in [-0.2, -0.15) is 5.26 Å². The zero-order valence-corrected chi connectivity index (χ0v) is 9.77. The summed E-state index contributed by atoms with van der Waals surface area (Å²) in [6.45, 7) is 3.99. The first-order valence-electron chi connectivity index (χ1n) is 5.72. The standard InChI is InChI=1S/C14H17NO/c1-10(9-15)7-14(2)8-11-5-3-4-6-12(11)13(14)16/h3-6,10,13,16H,7-8H2,1-2H3. The van der Waals surface area contributed by atoms with Crippen LogP contribution in [0.4, 0.5) is 0 Å². The lowest BCUT2D eigenvalue weighted by atomic mass is 9.77. The van der Waals surface area contributed by atoms with Gasteiger partial charge in [0.1, 0.15) is 0 Å². The number of aliphatic hydroxyl groups is 1. The normalized spacial score (nSPS) is 29.5. The molecule has 1 aliphatic carbocycles. The Morgan fingerprint density at radius 1 is 1.56 bits per heavy atom. The van der Waals surface area contributed by atoms with Crippen LogP contribution < -0.4 is 0 Å². The predicted molar refractivity (Wildman–Crippen MR) is 62.6 cm³/mol. The average molecular weight is 215 g/mol. The van der Waals surface area contributed by atoms with E-state index in [1.54, 1.807) is 0 Å². The van der Waals surface area contributed by atoms with Gasteiger partial charge in [-0.1, -0.05) is 31.2 Å². The lowest BCUT2D eigenvalue weighted by Crippen LogP contribution is -2.24.